The largest absolute Gasteiger partial charge is 0.247 e. The molecule has 0 saturated heterocycles. The molecule has 0 atom stereocenters. The Labute approximate surface area is 107 Å². The first kappa shape index (κ1) is 11.2. The van der Waals surface area contributed by atoms with Crippen molar-refractivity contribution in [3.05, 3.63) is 52.6 Å². The fraction of sp³-hybridized carbons (Fsp3) is 0.235. The Morgan fingerprint density at radius 1 is 0.611 bits per heavy atom. The number of benzene rings is 2. The van der Waals surface area contributed by atoms with E-state index >= 15 is 0 Å². The predicted molar refractivity (Wildman–Crippen MR) is 78.2 cm³/mol. The number of rotatable bonds is 0. The Balaban J connectivity index is 2.59. The van der Waals surface area contributed by atoms with Gasteiger partial charge in [0.15, 0.2) is 0 Å². The van der Waals surface area contributed by atoms with Crippen molar-refractivity contribution < 1.29 is 0 Å². The molecule has 0 aliphatic carbocycles. The van der Waals surface area contributed by atoms with E-state index in [1.807, 2.05) is 0 Å². The summed E-state index contributed by atoms with van der Waals surface area (Å²) in [5, 5.41) is 2.55. The van der Waals surface area contributed by atoms with E-state index in [2.05, 4.69) is 58.0 Å². The second-order valence-electron chi connectivity index (χ2n) is 5.18. The van der Waals surface area contributed by atoms with Crippen molar-refractivity contribution in [2.24, 2.45) is 0 Å². The molecule has 0 N–H and O–H groups in total. The number of hydrogen-bond acceptors (Lipinski definition) is 1. The van der Waals surface area contributed by atoms with Crippen LogP contribution in [0.3, 0.4) is 0 Å². The Bertz CT molecular complexity index is 641. The zero-order valence-corrected chi connectivity index (χ0v) is 11.3. The first-order valence-corrected chi connectivity index (χ1v) is 6.35. The fourth-order valence-electron chi connectivity index (χ4n) is 2.55. The van der Waals surface area contributed by atoms with E-state index in [-0.39, 0.29) is 0 Å². The van der Waals surface area contributed by atoms with Crippen LogP contribution in [0.2, 0.25) is 0 Å². The minimum absolute atomic E-state index is 1.14. The van der Waals surface area contributed by atoms with Gasteiger partial charge in [-0.15, -0.1) is 0 Å². The highest BCUT2D eigenvalue weighted by atomic mass is 14.7. The molecule has 2 aromatic carbocycles. The maximum atomic E-state index is 4.90. The van der Waals surface area contributed by atoms with Gasteiger partial charge in [0.05, 0.1) is 11.0 Å². The highest BCUT2D eigenvalue weighted by molar-refractivity contribution is 5.98. The van der Waals surface area contributed by atoms with Crippen LogP contribution in [-0.2, 0) is 0 Å². The highest BCUT2D eigenvalue weighted by Crippen LogP contribution is 2.28. The molecule has 0 unspecified atom stereocenters. The normalized spacial score (nSPS) is 11.3. The summed E-state index contributed by atoms with van der Waals surface area (Å²) in [6.07, 6.45) is 0. The molecule has 1 nitrogen and oxygen atoms in total. The van der Waals surface area contributed by atoms with E-state index in [1.165, 1.54) is 33.0 Å². The smallest absolute Gasteiger partial charge is 0.0741 e. The first-order valence-electron chi connectivity index (χ1n) is 6.35. The molecular formula is C17H17N. The van der Waals surface area contributed by atoms with Gasteiger partial charge in [-0.2, -0.15) is 0 Å². The van der Waals surface area contributed by atoms with Crippen molar-refractivity contribution in [1.82, 2.24) is 4.98 Å². The number of pyridine rings is 1. The average Bonchev–Trinajstić information content (AvgIpc) is 2.37. The van der Waals surface area contributed by atoms with Crippen LogP contribution in [0.25, 0.3) is 21.8 Å². The molecule has 1 aromatic heterocycles. The quantitative estimate of drug-likeness (QED) is 0.518. The van der Waals surface area contributed by atoms with E-state index < -0.39 is 0 Å². The van der Waals surface area contributed by atoms with Crippen molar-refractivity contribution in [2.75, 3.05) is 0 Å². The fourth-order valence-corrected chi connectivity index (χ4v) is 2.55. The lowest BCUT2D eigenvalue weighted by atomic mass is 9.99. The van der Waals surface area contributed by atoms with Gasteiger partial charge in [-0.1, -0.05) is 24.3 Å². The van der Waals surface area contributed by atoms with Gasteiger partial charge < -0.3 is 0 Å². The molecule has 3 aromatic rings. The summed E-state index contributed by atoms with van der Waals surface area (Å²) >= 11 is 0. The lowest BCUT2D eigenvalue weighted by Crippen LogP contribution is -1.92. The maximum Gasteiger partial charge on any atom is 0.0741 e. The molecule has 0 bridgehead atoms. The lowest BCUT2D eigenvalue weighted by molar-refractivity contribution is 1.35. The zero-order chi connectivity index (χ0) is 12.9. The zero-order valence-electron chi connectivity index (χ0n) is 11.3. The Kier molecular flexibility index (Phi) is 2.37. The van der Waals surface area contributed by atoms with Crippen molar-refractivity contribution in [3.63, 3.8) is 0 Å². The molecule has 0 saturated carbocycles. The highest BCUT2D eigenvalue weighted by Gasteiger charge is 2.07. The van der Waals surface area contributed by atoms with Gasteiger partial charge in [0.25, 0.3) is 0 Å². The van der Waals surface area contributed by atoms with E-state index in [0.717, 1.165) is 11.0 Å². The first-order chi connectivity index (χ1) is 8.58. The van der Waals surface area contributed by atoms with Crippen LogP contribution in [0.4, 0.5) is 0 Å². The maximum absolute atomic E-state index is 4.90. The second kappa shape index (κ2) is 3.81. The summed E-state index contributed by atoms with van der Waals surface area (Å²) in [6.45, 7) is 8.57. The molecular weight excluding hydrogens is 218 g/mol. The third-order valence-corrected chi connectivity index (χ3v) is 3.79. The van der Waals surface area contributed by atoms with Crippen LogP contribution in [0.15, 0.2) is 30.3 Å². The number of aromatic nitrogens is 1. The monoisotopic (exact) mass is 235 g/mol. The molecule has 3 rings (SSSR count). The SMILES string of the molecule is Cc1ccc(C)c2nc3c(C)ccc(C)c3cc12. The number of fused-ring (bicyclic) bond motifs is 2. The van der Waals surface area contributed by atoms with E-state index in [1.54, 1.807) is 0 Å². The molecule has 0 aliphatic heterocycles. The van der Waals surface area contributed by atoms with E-state index in [9.17, 15) is 0 Å². The van der Waals surface area contributed by atoms with Crippen LogP contribution in [0.5, 0.6) is 0 Å². The van der Waals surface area contributed by atoms with Crippen LogP contribution in [-0.4, -0.2) is 4.98 Å². The van der Waals surface area contributed by atoms with Crippen LogP contribution < -0.4 is 0 Å². The average molecular weight is 235 g/mol. The topological polar surface area (TPSA) is 12.9 Å². The molecule has 1 heterocycles. The molecule has 18 heavy (non-hydrogen) atoms. The summed E-state index contributed by atoms with van der Waals surface area (Å²) in [7, 11) is 0. The Morgan fingerprint density at radius 3 is 1.44 bits per heavy atom. The van der Waals surface area contributed by atoms with E-state index in [0.29, 0.717) is 0 Å². The van der Waals surface area contributed by atoms with Crippen molar-refractivity contribution in [2.45, 2.75) is 27.7 Å². The van der Waals surface area contributed by atoms with Crippen molar-refractivity contribution in [3.8, 4) is 0 Å². The molecule has 0 aliphatic rings. The Morgan fingerprint density at radius 2 is 1.00 bits per heavy atom. The summed E-state index contributed by atoms with van der Waals surface area (Å²) in [4.78, 5) is 4.90. The Hall–Kier alpha value is -1.89. The van der Waals surface area contributed by atoms with Gasteiger partial charge in [-0.25, -0.2) is 4.98 Å². The minimum atomic E-state index is 1.14. The summed E-state index contributed by atoms with van der Waals surface area (Å²) in [6, 6.07) is 11.0. The molecule has 0 fully saturated rings. The molecule has 0 spiro atoms. The molecule has 0 radical (unpaired) electrons. The third kappa shape index (κ3) is 1.51. The number of nitrogens with zero attached hydrogens (tertiary/aromatic N) is 1. The van der Waals surface area contributed by atoms with Gasteiger partial charge in [0.1, 0.15) is 0 Å². The number of hydrogen-bond donors (Lipinski definition) is 0. The summed E-state index contributed by atoms with van der Waals surface area (Å²) in [5.41, 5.74) is 7.36. The van der Waals surface area contributed by atoms with Gasteiger partial charge in [0, 0.05) is 10.8 Å². The second-order valence-corrected chi connectivity index (χ2v) is 5.18. The van der Waals surface area contributed by atoms with Gasteiger partial charge in [-0.05, 0) is 56.0 Å². The third-order valence-electron chi connectivity index (χ3n) is 3.79. The molecule has 1 heteroatoms. The van der Waals surface area contributed by atoms with Crippen molar-refractivity contribution >= 4 is 21.8 Å². The van der Waals surface area contributed by atoms with Crippen LogP contribution in [0, 0.1) is 27.7 Å². The number of aryl methyl sites for hydroxylation is 4. The van der Waals surface area contributed by atoms with Crippen molar-refractivity contribution in [1.29, 1.82) is 0 Å². The molecule has 0 amide bonds. The standard InChI is InChI=1S/C17H17N/c1-10-5-7-12(3)16-14(10)9-15-11(2)6-8-13(4)17(15)18-16/h5-9H,1-4H3. The lowest BCUT2D eigenvalue weighted by Gasteiger charge is -2.10. The predicted octanol–water partition coefficient (Wildman–Crippen LogP) is 4.62. The van der Waals surface area contributed by atoms with E-state index in [4.69, 9.17) is 4.98 Å². The molecule has 90 valence electrons. The van der Waals surface area contributed by atoms with Gasteiger partial charge in [0.2, 0.25) is 0 Å². The summed E-state index contributed by atoms with van der Waals surface area (Å²) < 4.78 is 0. The minimum Gasteiger partial charge on any atom is -0.247 e. The van der Waals surface area contributed by atoms with Gasteiger partial charge >= 0.3 is 0 Å². The van der Waals surface area contributed by atoms with Gasteiger partial charge in [-0.3, -0.25) is 0 Å². The summed E-state index contributed by atoms with van der Waals surface area (Å²) in [5.74, 6) is 0. The van der Waals surface area contributed by atoms with Crippen LogP contribution >= 0.6 is 0 Å². The van der Waals surface area contributed by atoms with Crippen LogP contribution in [0.1, 0.15) is 22.3 Å².